The van der Waals surface area contributed by atoms with Crippen LogP contribution in [-0.4, -0.2) is 24.7 Å². The van der Waals surface area contributed by atoms with Crippen LogP contribution in [0.4, 0.5) is 0 Å². The van der Waals surface area contributed by atoms with Crippen LogP contribution in [0, 0.1) is 0 Å². The van der Waals surface area contributed by atoms with Crippen molar-refractivity contribution in [1.82, 2.24) is 24.7 Å². The molecule has 0 aliphatic rings. The molecule has 5 rings (SSSR count). The van der Waals surface area contributed by atoms with Crippen molar-refractivity contribution in [3.05, 3.63) is 63.5 Å². The minimum absolute atomic E-state index is 0.191. The predicted octanol–water partition coefficient (Wildman–Crippen LogP) is 4.25. The van der Waals surface area contributed by atoms with Gasteiger partial charge in [0.05, 0.1) is 20.7 Å². The number of aryl methyl sites for hydroxylation is 1. The minimum atomic E-state index is -0.191. The van der Waals surface area contributed by atoms with E-state index in [9.17, 15) is 4.79 Å². The maximum atomic E-state index is 11.7. The number of halogens is 1. The predicted molar refractivity (Wildman–Crippen MR) is 108 cm³/mol. The number of thiazole rings is 1. The average molecular weight is 394 g/mol. The summed E-state index contributed by atoms with van der Waals surface area (Å²) < 4.78 is 2.73. The van der Waals surface area contributed by atoms with Gasteiger partial charge in [0.15, 0.2) is 0 Å². The molecule has 0 atom stereocenters. The van der Waals surface area contributed by atoms with Crippen molar-refractivity contribution in [2.45, 2.75) is 0 Å². The van der Waals surface area contributed by atoms with E-state index in [1.165, 1.54) is 17.4 Å². The van der Waals surface area contributed by atoms with E-state index < -0.39 is 0 Å². The quantitative estimate of drug-likeness (QED) is 0.486. The molecule has 0 radical (unpaired) electrons. The molecule has 0 spiro atoms. The second-order valence-corrected chi connectivity index (χ2v) is 7.47. The lowest BCUT2D eigenvalue weighted by Crippen LogP contribution is -2.04. The Kier molecular flexibility index (Phi) is 3.60. The van der Waals surface area contributed by atoms with E-state index in [0.717, 1.165) is 32.4 Å². The van der Waals surface area contributed by atoms with Gasteiger partial charge in [-0.1, -0.05) is 11.6 Å². The fraction of sp³-hybridized carbons (Fsp3) is 0.0526. The van der Waals surface area contributed by atoms with E-state index in [2.05, 4.69) is 21.1 Å². The van der Waals surface area contributed by atoms with Crippen molar-refractivity contribution in [1.29, 1.82) is 0 Å². The first kappa shape index (κ1) is 16.2. The molecule has 0 saturated heterocycles. The number of benzene rings is 1. The van der Waals surface area contributed by atoms with Gasteiger partial charge >= 0.3 is 0 Å². The summed E-state index contributed by atoms with van der Waals surface area (Å²) in [6.07, 6.45) is 1.86. The second-order valence-electron chi connectivity index (χ2n) is 6.18. The second kappa shape index (κ2) is 6.00. The van der Waals surface area contributed by atoms with E-state index in [-0.39, 0.29) is 5.56 Å². The highest BCUT2D eigenvalue weighted by Gasteiger charge is 2.16. The molecule has 0 aliphatic heterocycles. The topological polar surface area (TPSA) is 76.5 Å². The number of fused-ring (bicyclic) bond motifs is 2. The maximum Gasteiger partial charge on any atom is 0.249 e. The number of nitrogens with one attached hydrogen (secondary N) is 1. The van der Waals surface area contributed by atoms with Crippen molar-refractivity contribution in [3.8, 4) is 22.5 Å². The Hall–Kier alpha value is -3.03. The van der Waals surface area contributed by atoms with Crippen LogP contribution < -0.4 is 5.56 Å². The molecule has 0 aliphatic carbocycles. The number of aromatic amines is 1. The largest absolute Gasteiger partial charge is 0.307 e. The van der Waals surface area contributed by atoms with Gasteiger partial charge in [0.2, 0.25) is 5.56 Å². The van der Waals surface area contributed by atoms with Crippen molar-refractivity contribution in [2.24, 2.45) is 7.05 Å². The number of pyridine rings is 2. The van der Waals surface area contributed by atoms with Crippen LogP contribution in [0.25, 0.3) is 43.8 Å². The average Bonchev–Trinajstić information content (AvgIpc) is 3.29. The van der Waals surface area contributed by atoms with E-state index in [4.69, 9.17) is 16.6 Å². The summed E-state index contributed by atoms with van der Waals surface area (Å²) >= 11 is 7.99. The van der Waals surface area contributed by atoms with Crippen LogP contribution in [0.2, 0.25) is 5.02 Å². The molecule has 6 nitrogen and oxygen atoms in total. The summed E-state index contributed by atoms with van der Waals surface area (Å²) in [7, 11) is 1.85. The van der Waals surface area contributed by atoms with Gasteiger partial charge in [0, 0.05) is 30.3 Å². The number of hydrogen-bond acceptors (Lipinski definition) is 5. The molecule has 0 saturated carbocycles. The van der Waals surface area contributed by atoms with Crippen LogP contribution in [0.3, 0.4) is 0 Å². The van der Waals surface area contributed by atoms with Crippen molar-refractivity contribution in [2.75, 3.05) is 0 Å². The molecule has 1 aromatic carbocycles. The van der Waals surface area contributed by atoms with Gasteiger partial charge in [-0.3, -0.25) is 9.48 Å². The van der Waals surface area contributed by atoms with Gasteiger partial charge in [-0.2, -0.15) is 5.10 Å². The molecule has 0 fully saturated rings. The molecule has 0 bridgehead atoms. The van der Waals surface area contributed by atoms with Crippen LogP contribution >= 0.6 is 22.9 Å². The normalized spacial score (nSPS) is 11.5. The summed E-state index contributed by atoms with van der Waals surface area (Å²) in [6.45, 7) is 0. The summed E-state index contributed by atoms with van der Waals surface area (Å²) in [5.74, 6) is 0. The Balaban J connectivity index is 1.85. The lowest BCUT2D eigenvalue weighted by Gasteiger charge is -2.10. The number of rotatable bonds is 2. The molecule has 4 aromatic heterocycles. The lowest BCUT2D eigenvalue weighted by molar-refractivity contribution is 0.770. The Morgan fingerprint density at radius 3 is 2.89 bits per heavy atom. The third-order valence-corrected chi connectivity index (χ3v) is 5.43. The zero-order chi connectivity index (χ0) is 18.5. The van der Waals surface area contributed by atoms with Crippen molar-refractivity contribution in [3.63, 3.8) is 0 Å². The Bertz CT molecular complexity index is 1380. The zero-order valence-electron chi connectivity index (χ0n) is 14.1. The standard InChI is InChI=1S/C19H12ClN5OS/c1-25-5-4-14(24-25)17-12(6-10-2-3-16(26)22-19(10)23-17)11-7-13(20)18-15(8-11)27-9-21-18/h2-9H,1H3,(H,22,23,26). The summed E-state index contributed by atoms with van der Waals surface area (Å²) in [5, 5.41) is 5.92. The molecule has 27 heavy (non-hydrogen) atoms. The highest BCUT2D eigenvalue weighted by Crippen LogP contribution is 2.37. The minimum Gasteiger partial charge on any atom is -0.307 e. The SMILES string of the molecule is Cn1ccc(-c2nc3[nH]c(=O)ccc3cc2-c2cc(Cl)c3ncsc3c2)n1. The zero-order valence-corrected chi connectivity index (χ0v) is 15.7. The Morgan fingerprint density at radius 2 is 2.07 bits per heavy atom. The van der Waals surface area contributed by atoms with Gasteiger partial charge in [-0.05, 0) is 35.9 Å². The smallest absolute Gasteiger partial charge is 0.249 e. The van der Waals surface area contributed by atoms with E-state index in [1.54, 1.807) is 16.3 Å². The Labute approximate surface area is 162 Å². The first-order valence-corrected chi connectivity index (χ1v) is 9.41. The molecule has 8 heteroatoms. The highest BCUT2D eigenvalue weighted by molar-refractivity contribution is 7.16. The number of aromatic nitrogens is 5. The Morgan fingerprint density at radius 1 is 1.19 bits per heavy atom. The van der Waals surface area contributed by atoms with Crippen LogP contribution in [0.15, 0.2) is 52.9 Å². The molecule has 5 aromatic rings. The fourth-order valence-electron chi connectivity index (χ4n) is 3.12. The van der Waals surface area contributed by atoms with Gasteiger partial charge in [0.1, 0.15) is 17.0 Å². The molecule has 1 N–H and O–H groups in total. The van der Waals surface area contributed by atoms with Crippen LogP contribution in [0.5, 0.6) is 0 Å². The molecule has 0 unspecified atom stereocenters. The monoisotopic (exact) mass is 393 g/mol. The van der Waals surface area contributed by atoms with Gasteiger partial charge in [-0.25, -0.2) is 9.97 Å². The summed E-state index contributed by atoms with van der Waals surface area (Å²) in [6, 6.07) is 11.1. The van der Waals surface area contributed by atoms with Crippen molar-refractivity contribution < 1.29 is 0 Å². The van der Waals surface area contributed by atoms with Crippen LogP contribution in [0.1, 0.15) is 0 Å². The first-order chi connectivity index (χ1) is 13.1. The molecule has 0 amide bonds. The third-order valence-electron chi connectivity index (χ3n) is 4.37. The number of H-pyrrole nitrogens is 1. The summed E-state index contributed by atoms with van der Waals surface area (Å²) in [4.78, 5) is 23.5. The lowest BCUT2D eigenvalue weighted by atomic mass is 10.0. The fourth-order valence-corrected chi connectivity index (χ4v) is 4.18. The van der Waals surface area contributed by atoms with Crippen LogP contribution in [-0.2, 0) is 7.05 Å². The molecule has 4 heterocycles. The van der Waals surface area contributed by atoms with Crippen molar-refractivity contribution >= 4 is 44.2 Å². The molecular weight excluding hydrogens is 382 g/mol. The third kappa shape index (κ3) is 2.72. The summed E-state index contributed by atoms with van der Waals surface area (Å²) in [5.41, 5.74) is 6.14. The maximum absolute atomic E-state index is 11.7. The highest BCUT2D eigenvalue weighted by atomic mass is 35.5. The van der Waals surface area contributed by atoms with Gasteiger partial charge < -0.3 is 4.98 Å². The van der Waals surface area contributed by atoms with E-state index in [0.29, 0.717) is 16.4 Å². The molecular formula is C19H12ClN5OS. The number of hydrogen-bond donors (Lipinski definition) is 1. The molecule has 132 valence electrons. The van der Waals surface area contributed by atoms with E-state index in [1.807, 2.05) is 31.4 Å². The number of nitrogens with zero attached hydrogens (tertiary/aromatic N) is 4. The first-order valence-electron chi connectivity index (χ1n) is 8.16. The van der Waals surface area contributed by atoms with E-state index >= 15 is 0 Å². The van der Waals surface area contributed by atoms with Gasteiger partial charge in [0.25, 0.3) is 0 Å². The van der Waals surface area contributed by atoms with Gasteiger partial charge in [-0.15, -0.1) is 11.3 Å².